The van der Waals surface area contributed by atoms with Gasteiger partial charge in [-0.2, -0.15) is 5.26 Å². The quantitative estimate of drug-likeness (QED) is 0.849. The van der Waals surface area contributed by atoms with Gasteiger partial charge in [0, 0.05) is 11.5 Å². The molecule has 0 aliphatic carbocycles. The van der Waals surface area contributed by atoms with Crippen LogP contribution in [0.25, 0.3) is 0 Å². The fourth-order valence-corrected chi connectivity index (χ4v) is 2.00. The van der Waals surface area contributed by atoms with E-state index in [1.54, 1.807) is 19.1 Å². The molecule has 106 valence electrons. The number of carbonyl (C=O) groups excluding carboxylic acids is 2. The Labute approximate surface area is 118 Å². The molecule has 0 fully saturated rings. The van der Waals surface area contributed by atoms with Crippen LogP contribution in [0.4, 0.5) is 0 Å². The monoisotopic (exact) mass is 273 g/mol. The SMILES string of the molecule is Cc1cc(C)cc(C(=O)N[C@H](C[C@H](C)C#N)C(N)=O)c1. The number of rotatable bonds is 5. The van der Waals surface area contributed by atoms with Gasteiger partial charge in [0.25, 0.3) is 5.91 Å². The molecule has 0 saturated heterocycles. The van der Waals surface area contributed by atoms with E-state index in [-0.39, 0.29) is 18.2 Å². The van der Waals surface area contributed by atoms with Crippen LogP contribution in [0.2, 0.25) is 0 Å². The molecule has 1 aromatic carbocycles. The van der Waals surface area contributed by atoms with E-state index < -0.39 is 11.9 Å². The number of nitrogens with zero attached hydrogens (tertiary/aromatic N) is 1. The number of hydrogen-bond donors (Lipinski definition) is 2. The average Bonchev–Trinajstić information content (AvgIpc) is 2.36. The summed E-state index contributed by atoms with van der Waals surface area (Å²) >= 11 is 0. The highest BCUT2D eigenvalue weighted by atomic mass is 16.2. The molecule has 3 N–H and O–H groups in total. The van der Waals surface area contributed by atoms with E-state index in [1.807, 2.05) is 26.0 Å². The highest BCUT2D eigenvalue weighted by Crippen LogP contribution is 2.10. The van der Waals surface area contributed by atoms with Crippen LogP contribution < -0.4 is 11.1 Å². The van der Waals surface area contributed by atoms with Gasteiger partial charge in [0.15, 0.2) is 0 Å². The number of primary amides is 1. The second-order valence-electron chi connectivity index (χ2n) is 5.07. The number of hydrogen-bond acceptors (Lipinski definition) is 3. The molecule has 0 heterocycles. The molecule has 0 saturated carbocycles. The second-order valence-corrected chi connectivity index (χ2v) is 5.07. The zero-order chi connectivity index (χ0) is 15.3. The van der Waals surface area contributed by atoms with Crippen molar-refractivity contribution in [3.63, 3.8) is 0 Å². The lowest BCUT2D eigenvalue weighted by molar-refractivity contribution is -0.120. The Kier molecular flexibility index (Phi) is 5.27. The number of carbonyl (C=O) groups is 2. The Hall–Kier alpha value is -2.35. The lowest BCUT2D eigenvalue weighted by atomic mass is 10.0. The van der Waals surface area contributed by atoms with Crippen molar-refractivity contribution in [1.82, 2.24) is 5.32 Å². The Bertz CT molecular complexity index is 540. The second kappa shape index (κ2) is 6.71. The van der Waals surface area contributed by atoms with E-state index in [2.05, 4.69) is 5.32 Å². The summed E-state index contributed by atoms with van der Waals surface area (Å²) in [5.41, 5.74) is 7.68. The number of nitrogens with one attached hydrogen (secondary N) is 1. The highest BCUT2D eigenvalue weighted by Gasteiger charge is 2.21. The number of aryl methyl sites for hydroxylation is 2. The van der Waals surface area contributed by atoms with Gasteiger partial charge in [-0.15, -0.1) is 0 Å². The molecule has 2 amide bonds. The summed E-state index contributed by atoms with van der Waals surface area (Å²) in [6.07, 6.45) is 0.211. The third-order valence-electron chi connectivity index (χ3n) is 2.94. The summed E-state index contributed by atoms with van der Waals surface area (Å²) < 4.78 is 0. The van der Waals surface area contributed by atoms with Gasteiger partial charge in [-0.05, 0) is 39.3 Å². The van der Waals surface area contributed by atoms with Crippen LogP contribution in [-0.4, -0.2) is 17.9 Å². The first-order valence-corrected chi connectivity index (χ1v) is 6.41. The first-order valence-electron chi connectivity index (χ1n) is 6.41. The normalized spacial score (nSPS) is 13.1. The molecule has 0 unspecified atom stereocenters. The van der Waals surface area contributed by atoms with Crippen molar-refractivity contribution in [2.45, 2.75) is 33.2 Å². The molecule has 5 heteroatoms. The van der Waals surface area contributed by atoms with Crippen molar-refractivity contribution in [2.24, 2.45) is 11.7 Å². The fourth-order valence-electron chi connectivity index (χ4n) is 2.00. The Morgan fingerprint density at radius 1 is 1.30 bits per heavy atom. The molecule has 20 heavy (non-hydrogen) atoms. The summed E-state index contributed by atoms with van der Waals surface area (Å²) in [6.45, 7) is 5.47. The Morgan fingerprint density at radius 3 is 2.30 bits per heavy atom. The van der Waals surface area contributed by atoms with Gasteiger partial charge in [-0.1, -0.05) is 17.2 Å². The molecule has 0 aromatic heterocycles. The zero-order valence-corrected chi connectivity index (χ0v) is 11.9. The van der Waals surface area contributed by atoms with Crippen LogP contribution in [0, 0.1) is 31.1 Å². The number of benzene rings is 1. The molecule has 0 aliphatic rings. The van der Waals surface area contributed by atoms with Crippen molar-refractivity contribution in [3.05, 3.63) is 34.9 Å². The third-order valence-corrected chi connectivity index (χ3v) is 2.94. The van der Waals surface area contributed by atoms with Crippen LogP contribution in [-0.2, 0) is 4.79 Å². The summed E-state index contributed by atoms with van der Waals surface area (Å²) in [4.78, 5) is 23.5. The number of nitrogens with two attached hydrogens (primary N) is 1. The molecular formula is C15H19N3O2. The maximum atomic E-state index is 12.1. The van der Waals surface area contributed by atoms with E-state index in [4.69, 9.17) is 11.0 Å². The predicted octanol–water partition coefficient (Wildman–Crippen LogP) is 1.44. The summed E-state index contributed by atoms with van der Waals surface area (Å²) in [7, 11) is 0. The topological polar surface area (TPSA) is 96.0 Å². The fraction of sp³-hybridized carbons (Fsp3) is 0.400. The van der Waals surface area contributed by atoms with Gasteiger partial charge in [-0.25, -0.2) is 0 Å². The lowest BCUT2D eigenvalue weighted by Gasteiger charge is -2.16. The molecule has 2 atom stereocenters. The third kappa shape index (κ3) is 4.39. The predicted molar refractivity (Wildman–Crippen MR) is 75.8 cm³/mol. The molecule has 1 aromatic rings. The molecule has 0 spiro atoms. The van der Waals surface area contributed by atoms with Crippen molar-refractivity contribution in [2.75, 3.05) is 0 Å². The Balaban J connectivity index is 2.86. The summed E-state index contributed by atoms with van der Waals surface area (Å²) in [5, 5.41) is 11.4. The minimum absolute atomic E-state index is 0.211. The number of nitriles is 1. The zero-order valence-electron chi connectivity index (χ0n) is 11.9. The van der Waals surface area contributed by atoms with Crippen molar-refractivity contribution >= 4 is 11.8 Å². The van der Waals surface area contributed by atoms with Crippen LogP contribution >= 0.6 is 0 Å². The lowest BCUT2D eigenvalue weighted by Crippen LogP contribution is -2.45. The van der Waals surface area contributed by atoms with Crippen LogP contribution in [0.5, 0.6) is 0 Å². The van der Waals surface area contributed by atoms with E-state index in [1.165, 1.54) is 0 Å². The van der Waals surface area contributed by atoms with E-state index in [0.717, 1.165) is 11.1 Å². The molecule has 0 bridgehead atoms. The molecule has 0 radical (unpaired) electrons. The molecule has 1 rings (SSSR count). The Morgan fingerprint density at radius 2 is 1.85 bits per heavy atom. The van der Waals surface area contributed by atoms with Crippen LogP contribution in [0.15, 0.2) is 18.2 Å². The average molecular weight is 273 g/mol. The van der Waals surface area contributed by atoms with Gasteiger partial charge in [-0.3, -0.25) is 9.59 Å². The standard InChI is InChI=1S/C15H19N3O2/c1-9-4-10(2)6-12(5-9)15(20)18-13(14(17)19)7-11(3)8-16/h4-6,11,13H,7H2,1-3H3,(H2,17,19)(H,18,20)/t11-,13+/m0/s1. The summed E-state index contributed by atoms with van der Waals surface area (Å²) in [5.74, 6) is -1.34. The van der Waals surface area contributed by atoms with Crippen molar-refractivity contribution in [1.29, 1.82) is 5.26 Å². The van der Waals surface area contributed by atoms with Crippen LogP contribution in [0.1, 0.15) is 34.8 Å². The van der Waals surface area contributed by atoms with Gasteiger partial charge >= 0.3 is 0 Å². The van der Waals surface area contributed by atoms with Gasteiger partial charge in [0.2, 0.25) is 5.91 Å². The molecular weight excluding hydrogens is 254 g/mol. The number of amides is 2. The van der Waals surface area contributed by atoms with E-state index in [9.17, 15) is 9.59 Å². The van der Waals surface area contributed by atoms with Gasteiger partial charge < -0.3 is 11.1 Å². The first kappa shape index (κ1) is 15.7. The van der Waals surface area contributed by atoms with E-state index in [0.29, 0.717) is 5.56 Å². The maximum absolute atomic E-state index is 12.1. The highest BCUT2D eigenvalue weighted by molar-refractivity contribution is 5.97. The van der Waals surface area contributed by atoms with Crippen molar-refractivity contribution in [3.8, 4) is 6.07 Å². The summed E-state index contributed by atoms with van der Waals surface area (Å²) in [6, 6.07) is 6.63. The minimum atomic E-state index is -0.835. The largest absolute Gasteiger partial charge is 0.368 e. The van der Waals surface area contributed by atoms with Gasteiger partial charge in [0.1, 0.15) is 6.04 Å². The van der Waals surface area contributed by atoms with Crippen molar-refractivity contribution < 1.29 is 9.59 Å². The smallest absolute Gasteiger partial charge is 0.251 e. The maximum Gasteiger partial charge on any atom is 0.251 e. The molecule has 5 nitrogen and oxygen atoms in total. The minimum Gasteiger partial charge on any atom is -0.368 e. The van der Waals surface area contributed by atoms with E-state index >= 15 is 0 Å². The first-order chi connectivity index (χ1) is 9.33. The van der Waals surface area contributed by atoms with Gasteiger partial charge in [0.05, 0.1) is 6.07 Å². The van der Waals surface area contributed by atoms with Crippen LogP contribution in [0.3, 0.4) is 0 Å². The molecule has 0 aliphatic heterocycles.